The van der Waals surface area contributed by atoms with Crippen molar-refractivity contribution in [2.24, 2.45) is 0 Å². The lowest BCUT2D eigenvalue weighted by atomic mass is 9.89. The van der Waals surface area contributed by atoms with Crippen LogP contribution in [0.15, 0.2) is 85.1 Å². The quantitative estimate of drug-likeness (QED) is 0.194. The Bertz CT molecular complexity index is 1880. The summed E-state index contributed by atoms with van der Waals surface area (Å²) in [6, 6.07) is 21.4. The van der Waals surface area contributed by atoms with Gasteiger partial charge in [-0.1, -0.05) is 35.9 Å². The number of ether oxygens (including phenoxy) is 1. The van der Waals surface area contributed by atoms with Crippen molar-refractivity contribution in [2.75, 3.05) is 48.9 Å². The first-order chi connectivity index (χ1) is 23.4. The van der Waals surface area contributed by atoms with Crippen LogP contribution in [0.3, 0.4) is 0 Å². The highest BCUT2D eigenvalue weighted by Crippen LogP contribution is 2.34. The zero-order valence-electron chi connectivity index (χ0n) is 26.4. The molecule has 4 aromatic rings. The van der Waals surface area contributed by atoms with Crippen LogP contribution in [0.5, 0.6) is 11.5 Å². The van der Waals surface area contributed by atoms with E-state index in [1.54, 1.807) is 53.4 Å². The molecule has 0 aliphatic carbocycles. The number of piperidine rings is 1. The molecular weight excluding hydrogens is 679 g/mol. The Morgan fingerprint density at radius 2 is 1.65 bits per heavy atom. The molecule has 9 nitrogen and oxygen atoms in total. The van der Waals surface area contributed by atoms with Crippen LogP contribution < -0.4 is 19.7 Å². The van der Waals surface area contributed by atoms with Crippen LogP contribution >= 0.6 is 11.6 Å². The second kappa shape index (κ2) is 14.7. The predicted octanol–water partition coefficient (Wildman–Crippen LogP) is 6.92. The molecule has 3 heterocycles. The standard InChI is InChI=1S/C35H35ClF3N5O4S/c36-28-3-1-2-24(20-28)23-49(46,47)42-31-21-27(6-10-32(31)43-18-14-40-15-19-43)34(45)44-16-12-26(13-17-44)25-4-7-29(8-5-25)48-30-9-11-33(41-22-30)35(37,38)39/h1-11,20-22,26,40,42H,12-19,23H2. The first-order valence-corrected chi connectivity index (χ1v) is 17.9. The fourth-order valence-corrected chi connectivity index (χ4v) is 7.54. The number of aromatic nitrogens is 1. The third kappa shape index (κ3) is 8.83. The van der Waals surface area contributed by atoms with E-state index in [2.05, 4.69) is 19.9 Å². The Kier molecular flexibility index (Phi) is 10.3. The summed E-state index contributed by atoms with van der Waals surface area (Å²) < 4.78 is 73.4. The maximum absolute atomic E-state index is 13.7. The number of alkyl halides is 3. The number of nitrogens with zero attached hydrogens (tertiary/aromatic N) is 3. The normalized spacial score (nSPS) is 16.0. The molecule has 0 atom stereocenters. The van der Waals surface area contributed by atoms with Gasteiger partial charge in [-0.15, -0.1) is 0 Å². The molecule has 0 spiro atoms. The van der Waals surface area contributed by atoms with Crippen LogP contribution in [-0.4, -0.2) is 63.5 Å². The largest absolute Gasteiger partial charge is 0.456 e. The maximum atomic E-state index is 13.7. The summed E-state index contributed by atoms with van der Waals surface area (Å²) in [5, 5.41) is 3.75. The number of benzene rings is 3. The van der Waals surface area contributed by atoms with Crippen LogP contribution in [0.25, 0.3) is 0 Å². The summed E-state index contributed by atoms with van der Waals surface area (Å²) in [6.07, 6.45) is -2.02. The number of nitrogens with one attached hydrogen (secondary N) is 2. The highest BCUT2D eigenvalue weighted by atomic mass is 35.5. The van der Waals surface area contributed by atoms with Crippen molar-refractivity contribution in [3.8, 4) is 11.5 Å². The molecule has 2 saturated heterocycles. The molecule has 0 radical (unpaired) electrons. The number of sulfonamides is 1. The molecule has 2 fully saturated rings. The SMILES string of the molecule is O=C(c1ccc(N2CCNCC2)c(NS(=O)(=O)Cc2cccc(Cl)c2)c1)N1CCC(c2ccc(Oc3ccc(C(F)(F)F)nc3)cc2)CC1. The number of amides is 1. The van der Waals surface area contributed by atoms with E-state index in [0.29, 0.717) is 59.5 Å². The number of hydrogen-bond acceptors (Lipinski definition) is 7. The molecule has 3 aromatic carbocycles. The number of rotatable bonds is 9. The Morgan fingerprint density at radius 3 is 2.31 bits per heavy atom. The van der Waals surface area contributed by atoms with E-state index < -0.39 is 21.9 Å². The summed E-state index contributed by atoms with van der Waals surface area (Å²) in [7, 11) is -3.83. The Morgan fingerprint density at radius 1 is 0.939 bits per heavy atom. The van der Waals surface area contributed by atoms with Gasteiger partial charge >= 0.3 is 6.18 Å². The Hall–Kier alpha value is -4.33. The summed E-state index contributed by atoms with van der Waals surface area (Å²) >= 11 is 6.08. The van der Waals surface area contributed by atoms with Crippen LogP contribution in [0.2, 0.25) is 5.02 Å². The molecule has 0 unspecified atom stereocenters. The molecule has 49 heavy (non-hydrogen) atoms. The summed E-state index contributed by atoms with van der Waals surface area (Å²) in [4.78, 5) is 21.0. The van der Waals surface area contributed by atoms with Gasteiger partial charge in [-0.2, -0.15) is 13.2 Å². The maximum Gasteiger partial charge on any atom is 0.433 e. The molecule has 2 aliphatic heterocycles. The van der Waals surface area contributed by atoms with E-state index in [1.807, 2.05) is 18.2 Å². The van der Waals surface area contributed by atoms with Crippen LogP contribution in [-0.2, 0) is 22.0 Å². The molecule has 0 saturated carbocycles. The van der Waals surface area contributed by atoms with Crippen molar-refractivity contribution in [2.45, 2.75) is 30.7 Å². The number of hydrogen-bond donors (Lipinski definition) is 2. The minimum absolute atomic E-state index is 0.172. The van der Waals surface area contributed by atoms with E-state index in [1.165, 1.54) is 6.07 Å². The highest BCUT2D eigenvalue weighted by Gasteiger charge is 2.32. The van der Waals surface area contributed by atoms with Crippen LogP contribution in [0, 0.1) is 0 Å². The average Bonchev–Trinajstić information content (AvgIpc) is 3.08. The molecule has 2 N–H and O–H groups in total. The topological polar surface area (TPSA) is 104 Å². The minimum atomic E-state index is -4.52. The van der Waals surface area contributed by atoms with Crippen LogP contribution in [0.1, 0.15) is 45.9 Å². The molecule has 14 heteroatoms. The Labute approximate surface area is 288 Å². The van der Waals surface area contributed by atoms with E-state index in [-0.39, 0.29) is 23.3 Å². The molecule has 1 aromatic heterocycles. The lowest BCUT2D eigenvalue weighted by molar-refractivity contribution is -0.141. The van der Waals surface area contributed by atoms with Gasteiger partial charge in [-0.25, -0.2) is 13.4 Å². The summed E-state index contributed by atoms with van der Waals surface area (Å²) in [5.41, 5.74) is 2.12. The molecule has 2 aliphatic rings. The van der Waals surface area contributed by atoms with E-state index in [9.17, 15) is 26.4 Å². The number of carbonyl (C=O) groups is 1. The van der Waals surface area contributed by atoms with Crippen molar-refractivity contribution in [1.82, 2.24) is 15.2 Å². The average molecular weight is 714 g/mol. The van der Waals surface area contributed by atoms with Crippen molar-refractivity contribution in [3.63, 3.8) is 0 Å². The fourth-order valence-electron chi connectivity index (χ4n) is 6.13. The van der Waals surface area contributed by atoms with E-state index >= 15 is 0 Å². The second-order valence-corrected chi connectivity index (χ2v) is 14.2. The van der Waals surface area contributed by atoms with E-state index in [0.717, 1.165) is 43.8 Å². The van der Waals surface area contributed by atoms with Gasteiger partial charge < -0.3 is 19.9 Å². The van der Waals surface area contributed by atoms with Gasteiger partial charge in [0.05, 0.1) is 23.3 Å². The third-order valence-electron chi connectivity index (χ3n) is 8.61. The van der Waals surface area contributed by atoms with Crippen molar-refractivity contribution >= 4 is 38.9 Å². The number of likely N-dealkylation sites (tertiary alicyclic amines) is 1. The van der Waals surface area contributed by atoms with Gasteiger partial charge in [-0.3, -0.25) is 9.52 Å². The Balaban J connectivity index is 1.10. The zero-order chi connectivity index (χ0) is 34.6. The third-order valence-corrected chi connectivity index (χ3v) is 10.1. The first kappa shape index (κ1) is 34.5. The number of pyridine rings is 1. The first-order valence-electron chi connectivity index (χ1n) is 15.9. The summed E-state index contributed by atoms with van der Waals surface area (Å²) in [6.45, 7) is 3.96. The fraction of sp³-hybridized carbons (Fsp3) is 0.314. The molecule has 0 bridgehead atoms. The monoisotopic (exact) mass is 713 g/mol. The van der Waals surface area contributed by atoms with Gasteiger partial charge in [0, 0.05) is 49.9 Å². The van der Waals surface area contributed by atoms with Gasteiger partial charge in [-0.05, 0) is 84.5 Å². The van der Waals surface area contributed by atoms with Gasteiger partial charge in [0.15, 0.2) is 0 Å². The van der Waals surface area contributed by atoms with Crippen molar-refractivity contribution in [3.05, 3.63) is 112 Å². The molecule has 1 amide bonds. The van der Waals surface area contributed by atoms with Crippen molar-refractivity contribution < 1.29 is 31.1 Å². The van der Waals surface area contributed by atoms with Crippen LogP contribution in [0.4, 0.5) is 24.5 Å². The molecular formula is C35H35ClF3N5O4S. The number of piperazine rings is 1. The number of anilines is 2. The lowest BCUT2D eigenvalue weighted by Crippen LogP contribution is -2.44. The smallest absolute Gasteiger partial charge is 0.433 e. The number of carbonyl (C=O) groups excluding carboxylic acids is 1. The van der Waals surface area contributed by atoms with Gasteiger partial charge in [0.25, 0.3) is 5.91 Å². The summed E-state index contributed by atoms with van der Waals surface area (Å²) in [5.74, 6) is 0.440. The predicted molar refractivity (Wildman–Crippen MR) is 183 cm³/mol. The zero-order valence-corrected chi connectivity index (χ0v) is 28.0. The molecule has 6 rings (SSSR count). The lowest BCUT2D eigenvalue weighted by Gasteiger charge is -2.33. The minimum Gasteiger partial charge on any atom is -0.456 e. The van der Waals surface area contributed by atoms with Gasteiger partial charge in [0.2, 0.25) is 10.0 Å². The second-order valence-electron chi connectivity index (χ2n) is 12.1. The highest BCUT2D eigenvalue weighted by molar-refractivity contribution is 7.91. The number of halogens is 4. The van der Waals surface area contributed by atoms with E-state index in [4.69, 9.17) is 16.3 Å². The molecule has 258 valence electrons. The van der Waals surface area contributed by atoms with Crippen molar-refractivity contribution in [1.29, 1.82) is 0 Å². The van der Waals surface area contributed by atoms with Gasteiger partial charge in [0.1, 0.15) is 17.2 Å².